The van der Waals surface area contributed by atoms with Gasteiger partial charge in [0.05, 0.1) is 11.0 Å². The third-order valence-electron chi connectivity index (χ3n) is 3.65. The van der Waals surface area contributed by atoms with Gasteiger partial charge in [-0.25, -0.2) is 9.59 Å². The minimum atomic E-state index is -1.11. The van der Waals surface area contributed by atoms with Crippen LogP contribution in [0.25, 0.3) is 11.0 Å². The van der Waals surface area contributed by atoms with Crippen LogP contribution in [0.5, 0.6) is 0 Å². The van der Waals surface area contributed by atoms with Gasteiger partial charge < -0.3 is 10.4 Å². The van der Waals surface area contributed by atoms with E-state index in [1.54, 1.807) is 31.3 Å². The fraction of sp³-hybridized carbons (Fsp3) is 0.312. The van der Waals surface area contributed by atoms with Crippen molar-refractivity contribution in [3.8, 4) is 0 Å². The molecular formula is C16H19N3O4. The van der Waals surface area contributed by atoms with Gasteiger partial charge in [0.2, 0.25) is 5.91 Å². The molecule has 1 aromatic heterocycles. The summed E-state index contributed by atoms with van der Waals surface area (Å²) >= 11 is 0. The van der Waals surface area contributed by atoms with E-state index in [1.807, 2.05) is 6.07 Å². The molecule has 1 heterocycles. The van der Waals surface area contributed by atoms with Gasteiger partial charge >= 0.3 is 11.7 Å². The lowest BCUT2D eigenvalue weighted by Gasteiger charge is -2.13. The number of nitrogens with one attached hydrogen (secondary N) is 1. The van der Waals surface area contributed by atoms with Gasteiger partial charge in [-0.1, -0.05) is 18.2 Å². The van der Waals surface area contributed by atoms with E-state index >= 15 is 0 Å². The molecule has 0 radical (unpaired) electrons. The van der Waals surface area contributed by atoms with Gasteiger partial charge in [0.25, 0.3) is 0 Å². The summed E-state index contributed by atoms with van der Waals surface area (Å²) in [4.78, 5) is 35.5. The molecule has 1 atom stereocenters. The van der Waals surface area contributed by atoms with E-state index in [0.717, 1.165) is 0 Å². The van der Waals surface area contributed by atoms with E-state index in [1.165, 1.54) is 9.13 Å². The molecule has 2 N–H and O–H groups in total. The van der Waals surface area contributed by atoms with Crippen LogP contribution in [-0.2, 0) is 23.2 Å². The Labute approximate surface area is 132 Å². The number of imidazole rings is 1. The number of aryl methyl sites for hydroxylation is 1. The van der Waals surface area contributed by atoms with Gasteiger partial charge in [0, 0.05) is 7.05 Å². The second kappa shape index (κ2) is 6.95. The van der Waals surface area contributed by atoms with Crippen molar-refractivity contribution in [2.24, 2.45) is 7.05 Å². The zero-order valence-electron chi connectivity index (χ0n) is 12.9. The van der Waals surface area contributed by atoms with Crippen molar-refractivity contribution < 1.29 is 14.7 Å². The van der Waals surface area contributed by atoms with Crippen molar-refractivity contribution in [3.05, 3.63) is 47.4 Å². The van der Waals surface area contributed by atoms with Crippen molar-refractivity contribution in [3.63, 3.8) is 0 Å². The first-order valence-corrected chi connectivity index (χ1v) is 7.23. The van der Waals surface area contributed by atoms with Crippen molar-refractivity contribution in [2.45, 2.75) is 25.4 Å². The van der Waals surface area contributed by atoms with Crippen molar-refractivity contribution >= 4 is 22.9 Å². The number of carboxylic acid groups (broad SMARTS) is 1. The number of carbonyl (C=O) groups excluding carboxylic acids is 1. The van der Waals surface area contributed by atoms with Crippen molar-refractivity contribution in [1.82, 2.24) is 14.5 Å². The van der Waals surface area contributed by atoms with Crippen LogP contribution in [0.4, 0.5) is 0 Å². The van der Waals surface area contributed by atoms with Gasteiger partial charge in [-0.3, -0.25) is 13.9 Å². The smallest absolute Gasteiger partial charge is 0.329 e. The highest BCUT2D eigenvalue weighted by Gasteiger charge is 2.20. The van der Waals surface area contributed by atoms with Crippen molar-refractivity contribution in [1.29, 1.82) is 0 Å². The molecule has 2 aromatic rings. The molecule has 122 valence electrons. The van der Waals surface area contributed by atoms with Crippen LogP contribution in [0, 0.1) is 0 Å². The summed E-state index contributed by atoms with van der Waals surface area (Å²) in [7, 11) is 1.63. The Hall–Kier alpha value is -2.83. The van der Waals surface area contributed by atoms with Gasteiger partial charge in [0.15, 0.2) is 0 Å². The van der Waals surface area contributed by atoms with E-state index in [9.17, 15) is 14.4 Å². The molecule has 0 saturated heterocycles. The molecule has 23 heavy (non-hydrogen) atoms. The quantitative estimate of drug-likeness (QED) is 0.741. The highest BCUT2D eigenvalue weighted by atomic mass is 16.4. The van der Waals surface area contributed by atoms with E-state index in [4.69, 9.17) is 5.11 Å². The Balaban J connectivity index is 2.20. The number of carboxylic acids is 1. The number of nitrogens with zero attached hydrogens (tertiary/aromatic N) is 2. The third kappa shape index (κ3) is 3.50. The molecule has 1 unspecified atom stereocenters. The average molecular weight is 317 g/mol. The number of amides is 1. The molecule has 1 aromatic carbocycles. The standard InChI is InChI=1S/C16H19N3O4/c1-3-4-7-11(15(21)22)17-14(20)10-19-13-9-6-5-8-12(13)18(2)16(19)23/h3,5-6,8-9,11H,1,4,7,10H2,2H3,(H,17,20)(H,21,22). The van der Waals surface area contributed by atoms with Crippen LogP contribution in [-0.4, -0.2) is 32.2 Å². The Morgan fingerprint density at radius 3 is 2.61 bits per heavy atom. The highest BCUT2D eigenvalue weighted by Crippen LogP contribution is 2.11. The summed E-state index contributed by atoms with van der Waals surface area (Å²) < 4.78 is 2.78. The molecular weight excluding hydrogens is 298 g/mol. The number of aliphatic carboxylic acids is 1. The topological polar surface area (TPSA) is 93.3 Å². The molecule has 0 aliphatic heterocycles. The number of para-hydroxylation sites is 2. The lowest BCUT2D eigenvalue weighted by molar-refractivity contribution is -0.142. The third-order valence-corrected chi connectivity index (χ3v) is 3.65. The normalized spacial score (nSPS) is 12.0. The molecule has 0 aliphatic carbocycles. The molecule has 0 saturated carbocycles. The van der Waals surface area contributed by atoms with Gasteiger partial charge in [-0.2, -0.15) is 0 Å². The molecule has 0 spiro atoms. The Kier molecular flexibility index (Phi) is 5.00. The molecule has 0 fully saturated rings. The first-order valence-electron chi connectivity index (χ1n) is 7.23. The number of hydrogen-bond acceptors (Lipinski definition) is 3. The van der Waals surface area contributed by atoms with Crippen LogP contribution >= 0.6 is 0 Å². The Morgan fingerprint density at radius 1 is 1.35 bits per heavy atom. The minimum absolute atomic E-state index is 0.224. The fourth-order valence-corrected chi connectivity index (χ4v) is 2.44. The van der Waals surface area contributed by atoms with Gasteiger partial charge in [-0.05, 0) is 25.0 Å². The largest absolute Gasteiger partial charge is 0.480 e. The SMILES string of the molecule is C=CCCC(NC(=O)Cn1c(=O)n(C)c2ccccc21)C(=O)O. The molecule has 0 aliphatic rings. The molecule has 7 nitrogen and oxygen atoms in total. The maximum atomic E-state index is 12.2. The monoisotopic (exact) mass is 317 g/mol. The number of allylic oxidation sites excluding steroid dienone is 1. The van der Waals surface area contributed by atoms with E-state index in [2.05, 4.69) is 11.9 Å². The number of fused-ring (bicyclic) bond motifs is 1. The minimum Gasteiger partial charge on any atom is -0.480 e. The number of hydrogen-bond donors (Lipinski definition) is 2. The van der Waals surface area contributed by atoms with E-state index in [0.29, 0.717) is 17.5 Å². The summed E-state index contributed by atoms with van der Waals surface area (Å²) in [6.07, 6.45) is 2.33. The Morgan fingerprint density at radius 2 is 2.00 bits per heavy atom. The average Bonchev–Trinajstić information content (AvgIpc) is 2.76. The zero-order valence-corrected chi connectivity index (χ0v) is 12.9. The first-order chi connectivity index (χ1) is 11.0. The molecule has 1 amide bonds. The van der Waals surface area contributed by atoms with Crippen molar-refractivity contribution in [2.75, 3.05) is 0 Å². The van der Waals surface area contributed by atoms with E-state index in [-0.39, 0.29) is 18.7 Å². The van der Waals surface area contributed by atoms with Gasteiger partial charge in [-0.15, -0.1) is 6.58 Å². The highest BCUT2D eigenvalue weighted by molar-refractivity contribution is 5.85. The summed E-state index contributed by atoms with van der Waals surface area (Å²) in [6, 6.07) is 6.12. The second-order valence-electron chi connectivity index (χ2n) is 5.24. The number of aromatic nitrogens is 2. The molecule has 0 bridgehead atoms. The van der Waals surface area contributed by atoms with Gasteiger partial charge in [0.1, 0.15) is 12.6 Å². The first kappa shape index (κ1) is 16.5. The predicted molar refractivity (Wildman–Crippen MR) is 86.2 cm³/mol. The lowest BCUT2D eigenvalue weighted by Crippen LogP contribution is -2.43. The van der Waals surface area contributed by atoms with Crippen LogP contribution < -0.4 is 11.0 Å². The predicted octanol–water partition coefficient (Wildman–Crippen LogP) is 0.876. The van der Waals surface area contributed by atoms with Crippen LogP contribution in [0.15, 0.2) is 41.7 Å². The summed E-state index contributed by atoms with van der Waals surface area (Å²) in [6.45, 7) is 3.31. The van der Waals surface area contributed by atoms with Crippen LogP contribution in [0.3, 0.4) is 0 Å². The zero-order chi connectivity index (χ0) is 17.0. The summed E-state index contributed by atoms with van der Waals surface area (Å²) in [5.74, 6) is -1.62. The molecule has 7 heteroatoms. The van der Waals surface area contributed by atoms with E-state index < -0.39 is 17.9 Å². The maximum Gasteiger partial charge on any atom is 0.329 e. The maximum absolute atomic E-state index is 12.2. The number of carbonyl (C=O) groups is 2. The lowest BCUT2D eigenvalue weighted by atomic mass is 10.1. The summed E-state index contributed by atoms with van der Waals surface area (Å²) in [5.41, 5.74) is 1.03. The number of rotatable bonds is 7. The second-order valence-corrected chi connectivity index (χ2v) is 5.24. The molecule has 2 rings (SSSR count). The Bertz CT molecular complexity index is 803. The van der Waals surface area contributed by atoms with Crippen LogP contribution in [0.2, 0.25) is 0 Å². The fourth-order valence-electron chi connectivity index (χ4n) is 2.44. The summed E-state index contributed by atoms with van der Waals surface area (Å²) in [5, 5.41) is 11.6. The van der Waals surface area contributed by atoms with Crippen LogP contribution in [0.1, 0.15) is 12.8 Å². The number of benzene rings is 1.